The van der Waals surface area contributed by atoms with Crippen LogP contribution in [-0.4, -0.2) is 20.0 Å². The zero-order valence-corrected chi connectivity index (χ0v) is 9.06. The Bertz CT molecular complexity index is 428. The predicted octanol–water partition coefficient (Wildman–Crippen LogP) is 1.32. The molecule has 5 nitrogen and oxygen atoms in total. The molecule has 2 heterocycles. The number of rotatable bonds is 1. The molecule has 0 radical (unpaired) electrons. The summed E-state index contributed by atoms with van der Waals surface area (Å²) < 4.78 is 0.915. The minimum Gasteiger partial charge on any atom is -0.381 e. The van der Waals surface area contributed by atoms with Gasteiger partial charge in [-0.2, -0.15) is 0 Å². The number of aryl methyl sites for hydroxylation is 1. The standard InChI is InChI=1S/C8H8BrN5/c1-5-8(10)13-14(12-5)7-3-2-6(9)4-11-7/h2-4H,1H3,(H2,10,13). The van der Waals surface area contributed by atoms with Crippen LogP contribution in [0.2, 0.25) is 0 Å². The number of pyridine rings is 1. The molecular formula is C8H8BrN5. The van der Waals surface area contributed by atoms with Crippen molar-refractivity contribution in [2.75, 3.05) is 5.73 Å². The first kappa shape index (κ1) is 9.14. The fourth-order valence-corrected chi connectivity index (χ4v) is 1.21. The smallest absolute Gasteiger partial charge is 0.174 e. The summed E-state index contributed by atoms with van der Waals surface area (Å²) >= 11 is 3.30. The van der Waals surface area contributed by atoms with Crippen molar-refractivity contribution in [2.45, 2.75) is 6.92 Å². The number of nitrogens with two attached hydrogens (primary N) is 1. The largest absolute Gasteiger partial charge is 0.381 e. The van der Waals surface area contributed by atoms with E-state index in [1.165, 1.54) is 4.80 Å². The number of hydrogen-bond acceptors (Lipinski definition) is 4. The van der Waals surface area contributed by atoms with Gasteiger partial charge in [-0.05, 0) is 35.0 Å². The Morgan fingerprint density at radius 1 is 1.36 bits per heavy atom. The van der Waals surface area contributed by atoms with E-state index in [1.807, 2.05) is 12.1 Å². The first-order valence-electron chi connectivity index (χ1n) is 3.98. The zero-order valence-electron chi connectivity index (χ0n) is 7.48. The SMILES string of the molecule is Cc1nn(-c2ccc(Br)cn2)nc1N. The Kier molecular flexibility index (Phi) is 2.20. The Balaban J connectivity index is 2.44. The molecule has 0 saturated carbocycles. The first-order valence-corrected chi connectivity index (χ1v) is 4.77. The maximum atomic E-state index is 5.58. The summed E-state index contributed by atoms with van der Waals surface area (Å²) in [6.07, 6.45) is 1.68. The lowest BCUT2D eigenvalue weighted by Gasteiger charge is -1.96. The van der Waals surface area contributed by atoms with Crippen LogP contribution < -0.4 is 5.73 Å². The Morgan fingerprint density at radius 3 is 2.64 bits per heavy atom. The van der Waals surface area contributed by atoms with E-state index in [1.54, 1.807) is 13.1 Å². The van der Waals surface area contributed by atoms with E-state index >= 15 is 0 Å². The third-order valence-corrected chi connectivity index (χ3v) is 2.20. The maximum absolute atomic E-state index is 5.58. The van der Waals surface area contributed by atoms with Crippen LogP contribution in [0.4, 0.5) is 5.82 Å². The van der Waals surface area contributed by atoms with Crippen molar-refractivity contribution in [1.29, 1.82) is 0 Å². The van der Waals surface area contributed by atoms with E-state index in [4.69, 9.17) is 5.73 Å². The van der Waals surface area contributed by atoms with Gasteiger partial charge >= 0.3 is 0 Å². The number of nitrogen functional groups attached to an aromatic ring is 1. The molecule has 2 N–H and O–H groups in total. The highest BCUT2D eigenvalue weighted by atomic mass is 79.9. The highest BCUT2D eigenvalue weighted by molar-refractivity contribution is 9.10. The van der Waals surface area contributed by atoms with Crippen LogP contribution in [0.3, 0.4) is 0 Å². The summed E-state index contributed by atoms with van der Waals surface area (Å²) in [6.45, 7) is 1.80. The second-order valence-corrected chi connectivity index (χ2v) is 3.71. The molecule has 0 aliphatic rings. The number of aromatic nitrogens is 4. The van der Waals surface area contributed by atoms with Gasteiger partial charge in [0.05, 0.1) is 0 Å². The molecule has 0 spiro atoms. The lowest BCUT2D eigenvalue weighted by molar-refractivity contribution is 0.725. The van der Waals surface area contributed by atoms with Gasteiger partial charge in [-0.3, -0.25) is 0 Å². The average molecular weight is 254 g/mol. The number of anilines is 1. The molecular weight excluding hydrogens is 246 g/mol. The van der Waals surface area contributed by atoms with Crippen molar-refractivity contribution in [3.63, 3.8) is 0 Å². The highest BCUT2D eigenvalue weighted by Crippen LogP contribution is 2.11. The fourth-order valence-electron chi connectivity index (χ4n) is 0.979. The number of halogens is 1. The third kappa shape index (κ3) is 1.60. The van der Waals surface area contributed by atoms with Gasteiger partial charge in [0.1, 0.15) is 5.69 Å². The van der Waals surface area contributed by atoms with E-state index in [-0.39, 0.29) is 0 Å². The normalized spacial score (nSPS) is 10.4. The van der Waals surface area contributed by atoms with E-state index in [2.05, 4.69) is 31.1 Å². The summed E-state index contributed by atoms with van der Waals surface area (Å²) in [4.78, 5) is 5.55. The van der Waals surface area contributed by atoms with Crippen LogP contribution in [0, 0.1) is 6.92 Å². The Labute approximate surface area is 89.1 Å². The van der Waals surface area contributed by atoms with Crippen molar-refractivity contribution in [3.8, 4) is 5.82 Å². The van der Waals surface area contributed by atoms with Crippen molar-refractivity contribution in [2.24, 2.45) is 0 Å². The molecule has 2 aromatic heterocycles. The van der Waals surface area contributed by atoms with E-state index in [0.29, 0.717) is 17.3 Å². The van der Waals surface area contributed by atoms with E-state index < -0.39 is 0 Å². The molecule has 0 aliphatic heterocycles. The van der Waals surface area contributed by atoms with Crippen LogP contribution in [0.15, 0.2) is 22.8 Å². The van der Waals surface area contributed by atoms with Crippen molar-refractivity contribution >= 4 is 21.7 Å². The Hall–Kier alpha value is -1.43. The summed E-state index contributed by atoms with van der Waals surface area (Å²) in [5.41, 5.74) is 6.28. The highest BCUT2D eigenvalue weighted by Gasteiger charge is 2.05. The van der Waals surface area contributed by atoms with Gasteiger partial charge in [0, 0.05) is 10.7 Å². The number of nitrogens with zero attached hydrogens (tertiary/aromatic N) is 4. The van der Waals surface area contributed by atoms with E-state index in [0.717, 1.165) is 4.47 Å². The lowest BCUT2D eigenvalue weighted by Crippen LogP contribution is -2.01. The second-order valence-electron chi connectivity index (χ2n) is 2.79. The minimum atomic E-state index is 0.426. The third-order valence-electron chi connectivity index (χ3n) is 1.73. The summed E-state index contributed by atoms with van der Waals surface area (Å²) in [7, 11) is 0. The van der Waals surface area contributed by atoms with Crippen LogP contribution >= 0.6 is 15.9 Å². The quantitative estimate of drug-likeness (QED) is 0.833. The lowest BCUT2D eigenvalue weighted by atomic mass is 10.5. The monoisotopic (exact) mass is 253 g/mol. The maximum Gasteiger partial charge on any atom is 0.174 e. The molecule has 0 aliphatic carbocycles. The average Bonchev–Trinajstić information content (AvgIpc) is 2.48. The number of hydrogen-bond donors (Lipinski definition) is 1. The van der Waals surface area contributed by atoms with Gasteiger partial charge in [0.25, 0.3) is 0 Å². The van der Waals surface area contributed by atoms with Gasteiger partial charge in [0.2, 0.25) is 0 Å². The van der Waals surface area contributed by atoms with Crippen LogP contribution in [-0.2, 0) is 0 Å². The molecule has 0 amide bonds. The van der Waals surface area contributed by atoms with Crippen LogP contribution in [0.1, 0.15) is 5.69 Å². The minimum absolute atomic E-state index is 0.426. The molecule has 2 rings (SSSR count). The summed E-state index contributed by atoms with van der Waals surface area (Å²) in [5.74, 6) is 1.07. The molecule has 0 unspecified atom stereocenters. The van der Waals surface area contributed by atoms with Gasteiger partial charge in [-0.15, -0.1) is 15.0 Å². The molecule has 0 saturated heterocycles. The zero-order chi connectivity index (χ0) is 10.1. The molecule has 0 atom stereocenters. The van der Waals surface area contributed by atoms with Crippen LogP contribution in [0.5, 0.6) is 0 Å². The second kappa shape index (κ2) is 3.38. The van der Waals surface area contributed by atoms with Crippen LogP contribution in [0.25, 0.3) is 5.82 Å². The Morgan fingerprint density at radius 2 is 2.14 bits per heavy atom. The molecule has 0 fully saturated rings. The molecule has 6 heteroatoms. The molecule has 0 bridgehead atoms. The first-order chi connectivity index (χ1) is 6.66. The van der Waals surface area contributed by atoms with Gasteiger partial charge in [-0.1, -0.05) is 0 Å². The molecule has 14 heavy (non-hydrogen) atoms. The van der Waals surface area contributed by atoms with Gasteiger partial charge < -0.3 is 5.73 Å². The molecule has 2 aromatic rings. The molecule has 72 valence electrons. The van der Waals surface area contributed by atoms with Gasteiger partial charge in [-0.25, -0.2) is 4.98 Å². The van der Waals surface area contributed by atoms with Crippen molar-refractivity contribution in [3.05, 3.63) is 28.5 Å². The van der Waals surface area contributed by atoms with Crippen molar-refractivity contribution < 1.29 is 0 Å². The fraction of sp³-hybridized carbons (Fsp3) is 0.125. The molecule has 0 aromatic carbocycles. The predicted molar refractivity (Wildman–Crippen MR) is 56.0 cm³/mol. The topological polar surface area (TPSA) is 69.6 Å². The van der Waals surface area contributed by atoms with Gasteiger partial charge in [0.15, 0.2) is 11.6 Å². The van der Waals surface area contributed by atoms with Crippen molar-refractivity contribution in [1.82, 2.24) is 20.0 Å². The summed E-state index contributed by atoms with van der Waals surface area (Å²) in [5, 5.41) is 8.13. The summed E-state index contributed by atoms with van der Waals surface area (Å²) in [6, 6.07) is 3.68. The van der Waals surface area contributed by atoms with E-state index in [9.17, 15) is 0 Å².